The number of para-hydroxylation sites is 1. The van der Waals surface area contributed by atoms with E-state index in [1.807, 2.05) is 0 Å². The molecule has 1 aromatic rings. The van der Waals surface area contributed by atoms with Crippen LogP contribution in [0.5, 0.6) is 0 Å². The van der Waals surface area contributed by atoms with Crippen molar-refractivity contribution in [2.45, 2.75) is 65.2 Å². The van der Waals surface area contributed by atoms with E-state index in [0.29, 0.717) is 23.8 Å². The summed E-state index contributed by atoms with van der Waals surface area (Å²) < 4.78 is 0. The largest absolute Gasteiger partial charge is 0.369 e. The van der Waals surface area contributed by atoms with Gasteiger partial charge in [-0.1, -0.05) is 39.0 Å². The van der Waals surface area contributed by atoms with Crippen LogP contribution in [0.2, 0.25) is 0 Å². The van der Waals surface area contributed by atoms with Gasteiger partial charge < -0.3 is 9.80 Å². The Bertz CT molecular complexity index is 710. The molecule has 0 atom stereocenters. The van der Waals surface area contributed by atoms with Crippen LogP contribution < -0.4 is 4.90 Å². The molecule has 3 aliphatic rings. The number of halogens is 1. The third kappa shape index (κ3) is 5.96. The first-order chi connectivity index (χ1) is 14.4. The fourth-order valence-electron chi connectivity index (χ4n) is 5.80. The molecule has 4 nitrogen and oxygen atoms in total. The number of likely N-dealkylation sites (tertiary alicyclic amines) is 1. The molecule has 3 fully saturated rings. The summed E-state index contributed by atoms with van der Waals surface area (Å²) in [6.07, 6.45) is 7.71. The molecule has 4 rings (SSSR count). The Labute approximate surface area is 195 Å². The number of carbonyl (C=O) groups excluding carboxylic acids is 1. The van der Waals surface area contributed by atoms with E-state index in [1.165, 1.54) is 44.2 Å². The third-order valence-corrected chi connectivity index (χ3v) is 7.86. The number of benzene rings is 1. The van der Waals surface area contributed by atoms with E-state index in [-0.39, 0.29) is 12.4 Å². The normalized spacial score (nSPS) is 25.4. The molecule has 0 bridgehead atoms. The zero-order valence-corrected chi connectivity index (χ0v) is 20.6. The molecule has 0 radical (unpaired) electrons. The second kappa shape index (κ2) is 10.6. The minimum Gasteiger partial charge on any atom is -0.369 e. The van der Waals surface area contributed by atoms with Crippen LogP contribution in [-0.4, -0.2) is 61.5 Å². The fourth-order valence-corrected chi connectivity index (χ4v) is 5.80. The first-order valence-electron chi connectivity index (χ1n) is 12.3. The van der Waals surface area contributed by atoms with Gasteiger partial charge in [0, 0.05) is 45.0 Å². The van der Waals surface area contributed by atoms with Gasteiger partial charge in [-0.3, -0.25) is 9.69 Å². The SMILES string of the molecule is CC(C)(C)C1CCC(c2ccccc2N2CCN(CC(=O)N3CCCC3)CC2)CC1.Cl. The first kappa shape index (κ1) is 24.4. The second-order valence-electron chi connectivity index (χ2n) is 10.8. The molecule has 1 saturated carbocycles. The van der Waals surface area contributed by atoms with Crippen molar-refractivity contribution in [3.05, 3.63) is 29.8 Å². The van der Waals surface area contributed by atoms with E-state index >= 15 is 0 Å². The average Bonchev–Trinajstić information content (AvgIpc) is 3.29. The maximum absolute atomic E-state index is 12.5. The van der Waals surface area contributed by atoms with Crippen molar-refractivity contribution in [1.82, 2.24) is 9.80 Å². The number of hydrogen-bond donors (Lipinski definition) is 0. The Morgan fingerprint density at radius 3 is 2.13 bits per heavy atom. The highest BCUT2D eigenvalue weighted by Gasteiger charge is 2.32. The van der Waals surface area contributed by atoms with Crippen LogP contribution >= 0.6 is 12.4 Å². The number of nitrogens with zero attached hydrogens (tertiary/aromatic N) is 3. The number of anilines is 1. The van der Waals surface area contributed by atoms with Crippen molar-refractivity contribution >= 4 is 24.0 Å². The van der Waals surface area contributed by atoms with Gasteiger partial charge in [0.2, 0.25) is 5.91 Å². The Hall–Kier alpha value is -1.26. The quantitative estimate of drug-likeness (QED) is 0.636. The van der Waals surface area contributed by atoms with Crippen molar-refractivity contribution in [2.75, 3.05) is 50.7 Å². The van der Waals surface area contributed by atoms with E-state index in [1.54, 1.807) is 5.56 Å². The van der Waals surface area contributed by atoms with Crippen molar-refractivity contribution in [3.8, 4) is 0 Å². The van der Waals surface area contributed by atoms with Gasteiger partial charge in [-0.15, -0.1) is 12.4 Å². The van der Waals surface area contributed by atoms with E-state index in [0.717, 1.165) is 45.2 Å². The van der Waals surface area contributed by atoms with Crippen molar-refractivity contribution < 1.29 is 4.79 Å². The molecule has 1 amide bonds. The van der Waals surface area contributed by atoms with Crippen LogP contribution in [0.15, 0.2) is 24.3 Å². The first-order valence-corrected chi connectivity index (χ1v) is 12.3. The van der Waals surface area contributed by atoms with E-state index in [2.05, 4.69) is 59.7 Å². The molecule has 0 aromatic heterocycles. The van der Waals surface area contributed by atoms with Gasteiger partial charge in [-0.25, -0.2) is 0 Å². The highest BCUT2D eigenvalue weighted by Crippen LogP contribution is 2.45. The molecule has 174 valence electrons. The van der Waals surface area contributed by atoms with Crippen molar-refractivity contribution in [1.29, 1.82) is 0 Å². The molecule has 1 aliphatic carbocycles. The molecule has 5 heteroatoms. The third-order valence-electron chi connectivity index (χ3n) is 7.86. The molecule has 2 heterocycles. The molecule has 0 spiro atoms. The van der Waals surface area contributed by atoms with Crippen LogP contribution in [0.25, 0.3) is 0 Å². The Morgan fingerprint density at radius 2 is 1.52 bits per heavy atom. The molecule has 0 unspecified atom stereocenters. The van der Waals surface area contributed by atoms with Crippen molar-refractivity contribution in [2.24, 2.45) is 11.3 Å². The standard InChI is InChI=1S/C26H41N3O.ClH/c1-26(2,3)22-12-10-21(11-13-22)23-8-4-5-9-24(23)28-18-16-27(17-19-28)20-25(30)29-14-6-7-15-29;/h4-5,8-9,21-22H,6-7,10-20H2,1-3H3;1H. The van der Waals surface area contributed by atoms with E-state index in [4.69, 9.17) is 0 Å². The number of rotatable bonds is 4. The Morgan fingerprint density at radius 1 is 0.903 bits per heavy atom. The molecular weight excluding hydrogens is 406 g/mol. The van der Waals surface area contributed by atoms with Crippen LogP contribution in [-0.2, 0) is 4.79 Å². The minimum absolute atomic E-state index is 0. The monoisotopic (exact) mass is 447 g/mol. The molecule has 1 aromatic carbocycles. The van der Waals surface area contributed by atoms with E-state index in [9.17, 15) is 4.79 Å². The lowest BCUT2D eigenvalue weighted by molar-refractivity contribution is -0.131. The predicted octanol–water partition coefficient (Wildman–Crippen LogP) is 5.17. The van der Waals surface area contributed by atoms with Gasteiger partial charge in [0.1, 0.15) is 0 Å². The van der Waals surface area contributed by atoms with Gasteiger partial charge in [-0.05, 0) is 67.4 Å². The van der Waals surface area contributed by atoms with Gasteiger partial charge in [0.15, 0.2) is 0 Å². The Balaban J connectivity index is 0.00000272. The zero-order chi connectivity index (χ0) is 21.1. The summed E-state index contributed by atoms with van der Waals surface area (Å²) in [7, 11) is 0. The highest BCUT2D eigenvalue weighted by molar-refractivity contribution is 5.85. The summed E-state index contributed by atoms with van der Waals surface area (Å²) in [4.78, 5) is 19.5. The fraction of sp³-hybridized carbons (Fsp3) is 0.731. The number of hydrogen-bond acceptors (Lipinski definition) is 3. The predicted molar refractivity (Wildman–Crippen MR) is 132 cm³/mol. The molecule has 2 saturated heterocycles. The smallest absolute Gasteiger partial charge is 0.236 e. The van der Waals surface area contributed by atoms with Crippen molar-refractivity contribution in [3.63, 3.8) is 0 Å². The van der Waals surface area contributed by atoms with Gasteiger partial charge in [0.25, 0.3) is 0 Å². The van der Waals surface area contributed by atoms with Crippen LogP contribution in [0.1, 0.15) is 70.8 Å². The molecule has 2 aliphatic heterocycles. The zero-order valence-electron chi connectivity index (χ0n) is 19.8. The maximum Gasteiger partial charge on any atom is 0.236 e. The number of carbonyl (C=O) groups is 1. The van der Waals surface area contributed by atoms with Crippen LogP contribution in [0.3, 0.4) is 0 Å². The number of piperazine rings is 1. The average molecular weight is 448 g/mol. The summed E-state index contributed by atoms with van der Waals surface area (Å²) in [6.45, 7) is 13.8. The summed E-state index contributed by atoms with van der Waals surface area (Å²) in [5, 5.41) is 0. The maximum atomic E-state index is 12.5. The number of amides is 1. The lowest BCUT2D eigenvalue weighted by Gasteiger charge is -2.40. The Kier molecular flexibility index (Phi) is 8.31. The molecule has 0 N–H and O–H groups in total. The second-order valence-corrected chi connectivity index (χ2v) is 10.8. The topological polar surface area (TPSA) is 26.8 Å². The highest BCUT2D eigenvalue weighted by atomic mass is 35.5. The van der Waals surface area contributed by atoms with E-state index < -0.39 is 0 Å². The summed E-state index contributed by atoms with van der Waals surface area (Å²) in [5.41, 5.74) is 3.45. The van der Waals surface area contributed by atoms with Gasteiger partial charge in [-0.2, -0.15) is 0 Å². The van der Waals surface area contributed by atoms with Gasteiger partial charge in [0.05, 0.1) is 6.54 Å². The minimum atomic E-state index is 0. The molecular formula is C26H42ClN3O. The summed E-state index contributed by atoms with van der Waals surface area (Å²) >= 11 is 0. The molecule has 31 heavy (non-hydrogen) atoms. The van der Waals surface area contributed by atoms with Crippen LogP contribution in [0, 0.1) is 11.3 Å². The summed E-state index contributed by atoms with van der Waals surface area (Å²) in [5.74, 6) is 1.89. The lowest BCUT2D eigenvalue weighted by Crippen LogP contribution is -2.50. The summed E-state index contributed by atoms with van der Waals surface area (Å²) in [6, 6.07) is 9.12. The lowest BCUT2D eigenvalue weighted by atomic mass is 9.68. The van der Waals surface area contributed by atoms with Gasteiger partial charge >= 0.3 is 0 Å². The van der Waals surface area contributed by atoms with Crippen LogP contribution in [0.4, 0.5) is 5.69 Å².